The highest BCUT2D eigenvalue weighted by Gasteiger charge is 2.26. The Hall–Kier alpha value is -2.32. The number of carbonyl (C=O) groups is 1. The molecule has 0 aromatic heterocycles. The summed E-state index contributed by atoms with van der Waals surface area (Å²) in [7, 11) is -4.37. The van der Waals surface area contributed by atoms with E-state index in [2.05, 4.69) is 92.1 Å². The van der Waals surface area contributed by atoms with Crippen LogP contribution >= 0.6 is 7.82 Å². The van der Waals surface area contributed by atoms with Crippen LogP contribution < -0.4 is 11.1 Å². The first-order valence-electron chi connectivity index (χ1n) is 22.2. The van der Waals surface area contributed by atoms with E-state index in [-0.39, 0.29) is 32.1 Å². The van der Waals surface area contributed by atoms with E-state index in [1.54, 1.807) is 6.08 Å². The Bertz CT molecular complexity index is 1150. The number of carbonyl (C=O) groups excluding carboxylic acids is 1. The quantitative estimate of drug-likeness (QED) is 0.0276. The van der Waals surface area contributed by atoms with Gasteiger partial charge in [0.2, 0.25) is 5.91 Å². The van der Waals surface area contributed by atoms with Crippen LogP contribution in [-0.2, 0) is 18.4 Å². The third kappa shape index (κ3) is 39.9. The summed E-state index contributed by atoms with van der Waals surface area (Å²) in [4.78, 5) is 22.7. The molecule has 8 nitrogen and oxygen atoms in total. The van der Waals surface area contributed by atoms with Crippen LogP contribution in [0.2, 0.25) is 0 Å². The second kappa shape index (κ2) is 42.3. The van der Waals surface area contributed by atoms with Gasteiger partial charge in [0.15, 0.2) is 0 Å². The largest absolute Gasteiger partial charge is 0.472 e. The molecule has 322 valence electrons. The third-order valence-electron chi connectivity index (χ3n) is 9.20. The fraction of sp³-hybridized carbons (Fsp3) is 0.681. The van der Waals surface area contributed by atoms with Crippen LogP contribution in [0.1, 0.15) is 174 Å². The van der Waals surface area contributed by atoms with Gasteiger partial charge in [0, 0.05) is 13.0 Å². The zero-order chi connectivity index (χ0) is 41.1. The number of rotatable bonds is 40. The number of phosphoric ester groups is 1. The molecule has 0 spiro atoms. The Balaban J connectivity index is 4.36. The summed E-state index contributed by atoms with van der Waals surface area (Å²) in [5.74, 6) is -0.263. The molecule has 0 rings (SSSR count). The molecule has 3 unspecified atom stereocenters. The lowest BCUT2D eigenvalue weighted by Gasteiger charge is -2.23. The molecule has 0 fully saturated rings. The molecule has 0 aliphatic heterocycles. The summed E-state index contributed by atoms with van der Waals surface area (Å²) >= 11 is 0. The van der Waals surface area contributed by atoms with Gasteiger partial charge in [-0.3, -0.25) is 13.8 Å². The van der Waals surface area contributed by atoms with E-state index in [0.29, 0.717) is 6.42 Å². The molecule has 0 bridgehead atoms. The molecule has 56 heavy (non-hydrogen) atoms. The number of nitrogens with two attached hydrogens (primary N) is 1. The van der Waals surface area contributed by atoms with Gasteiger partial charge in [-0.05, 0) is 70.6 Å². The topological polar surface area (TPSA) is 131 Å². The van der Waals surface area contributed by atoms with Gasteiger partial charge in [0.25, 0.3) is 0 Å². The summed E-state index contributed by atoms with van der Waals surface area (Å²) < 4.78 is 22.1. The SMILES string of the molecule is CC/C=C\C/C=C\C/C=C\C/C=C\C/C=C\CCCC(=O)NC(COP(=O)(O)OCCN)C(O)/C=C/CC/C=C/CCCCCCCCCCCCCCCC. The molecular weight excluding hydrogens is 719 g/mol. The minimum Gasteiger partial charge on any atom is -0.387 e. The Labute approximate surface area is 343 Å². The van der Waals surface area contributed by atoms with E-state index < -0.39 is 20.0 Å². The number of nitrogens with one attached hydrogen (secondary N) is 1. The normalized spacial score (nSPS) is 14.9. The molecule has 1 amide bonds. The van der Waals surface area contributed by atoms with Crippen molar-refractivity contribution >= 4 is 13.7 Å². The molecule has 0 aliphatic carbocycles. The van der Waals surface area contributed by atoms with Crippen molar-refractivity contribution in [2.45, 2.75) is 187 Å². The number of amides is 1. The summed E-state index contributed by atoms with van der Waals surface area (Å²) in [5.41, 5.74) is 5.37. The highest BCUT2D eigenvalue weighted by atomic mass is 31.2. The van der Waals surface area contributed by atoms with Crippen molar-refractivity contribution in [2.24, 2.45) is 5.73 Å². The zero-order valence-electron chi connectivity index (χ0n) is 35.6. The lowest BCUT2D eigenvalue weighted by Crippen LogP contribution is -2.45. The van der Waals surface area contributed by atoms with Gasteiger partial charge < -0.3 is 21.1 Å². The number of hydrogen-bond donors (Lipinski definition) is 4. The number of aliphatic hydroxyl groups excluding tert-OH is 1. The first kappa shape index (κ1) is 53.7. The van der Waals surface area contributed by atoms with Crippen LogP contribution in [-0.4, -0.2) is 47.8 Å². The molecule has 5 N–H and O–H groups in total. The van der Waals surface area contributed by atoms with Crippen LogP contribution in [0, 0.1) is 0 Å². The fourth-order valence-electron chi connectivity index (χ4n) is 5.89. The number of allylic oxidation sites excluding steroid dienone is 13. The Kier molecular flexibility index (Phi) is 40.5. The van der Waals surface area contributed by atoms with Crippen molar-refractivity contribution in [2.75, 3.05) is 19.8 Å². The molecule has 3 atom stereocenters. The number of phosphoric acid groups is 1. The van der Waals surface area contributed by atoms with Gasteiger partial charge >= 0.3 is 7.82 Å². The predicted molar refractivity (Wildman–Crippen MR) is 239 cm³/mol. The maximum absolute atomic E-state index is 12.7. The standard InChI is InChI=1S/C47H83N2O6P/c1-3-5-7-9-11-13-15-17-19-21-22-23-25-26-28-30-32-34-36-38-40-46(50)45(44-55-56(52,53)54-43-42-48)49-47(51)41-39-37-35-33-31-29-27-24-20-18-16-14-12-10-8-6-4-2/h6,8,12,14,18,20,27,29-30,32-33,35,38,40,45-46,50H,3-5,7,9-11,13,15-17,19,21-26,28,31,34,36-37,39,41-44,48H2,1-2H3,(H,49,51)(H,52,53)/b8-6-,14-12-,20-18-,29-27-,32-30+,35-33-,40-38+. The van der Waals surface area contributed by atoms with Crippen molar-refractivity contribution in [1.29, 1.82) is 0 Å². The fourth-order valence-corrected chi connectivity index (χ4v) is 6.65. The van der Waals surface area contributed by atoms with E-state index in [9.17, 15) is 19.4 Å². The number of unbranched alkanes of at least 4 members (excludes halogenated alkanes) is 16. The molecule has 0 aromatic rings. The number of aliphatic hydroxyl groups is 1. The van der Waals surface area contributed by atoms with Crippen molar-refractivity contribution in [3.63, 3.8) is 0 Å². The van der Waals surface area contributed by atoms with E-state index >= 15 is 0 Å². The molecule has 0 saturated heterocycles. The average molecular weight is 803 g/mol. The van der Waals surface area contributed by atoms with Crippen LogP contribution in [0.4, 0.5) is 0 Å². The Morgan fingerprint density at radius 3 is 1.59 bits per heavy atom. The van der Waals surface area contributed by atoms with Crippen LogP contribution in [0.25, 0.3) is 0 Å². The highest BCUT2D eigenvalue weighted by Crippen LogP contribution is 2.43. The van der Waals surface area contributed by atoms with Gasteiger partial charge in [0.05, 0.1) is 25.4 Å². The van der Waals surface area contributed by atoms with E-state index in [1.807, 2.05) is 6.08 Å². The van der Waals surface area contributed by atoms with E-state index in [0.717, 1.165) is 57.8 Å². The minimum absolute atomic E-state index is 0.0607. The number of hydrogen-bond acceptors (Lipinski definition) is 6. The first-order valence-corrected chi connectivity index (χ1v) is 23.7. The van der Waals surface area contributed by atoms with Crippen molar-refractivity contribution in [1.82, 2.24) is 5.32 Å². The average Bonchev–Trinajstić information content (AvgIpc) is 3.19. The zero-order valence-corrected chi connectivity index (χ0v) is 36.5. The second-order valence-corrected chi connectivity index (χ2v) is 16.0. The molecule has 9 heteroatoms. The summed E-state index contributed by atoms with van der Waals surface area (Å²) in [6.45, 7) is 3.94. The van der Waals surface area contributed by atoms with Gasteiger partial charge in [-0.15, -0.1) is 0 Å². The van der Waals surface area contributed by atoms with Gasteiger partial charge in [0.1, 0.15) is 0 Å². The third-order valence-corrected chi connectivity index (χ3v) is 10.2. The molecule has 0 aliphatic rings. The van der Waals surface area contributed by atoms with Gasteiger partial charge in [-0.1, -0.05) is 182 Å². The summed E-state index contributed by atoms with van der Waals surface area (Å²) in [6, 6.07) is -0.912. The lowest BCUT2D eigenvalue weighted by molar-refractivity contribution is -0.122. The molecule has 0 radical (unpaired) electrons. The Morgan fingerprint density at radius 1 is 0.607 bits per heavy atom. The second-order valence-electron chi connectivity index (χ2n) is 14.5. The highest BCUT2D eigenvalue weighted by molar-refractivity contribution is 7.47. The Morgan fingerprint density at radius 2 is 1.05 bits per heavy atom. The molecule has 0 heterocycles. The predicted octanol–water partition coefficient (Wildman–Crippen LogP) is 12.6. The van der Waals surface area contributed by atoms with Crippen molar-refractivity contribution < 1.29 is 28.4 Å². The van der Waals surface area contributed by atoms with Crippen molar-refractivity contribution in [3.8, 4) is 0 Å². The van der Waals surface area contributed by atoms with E-state index in [4.69, 9.17) is 14.8 Å². The van der Waals surface area contributed by atoms with Crippen LogP contribution in [0.3, 0.4) is 0 Å². The minimum atomic E-state index is -4.37. The van der Waals surface area contributed by atoms with Gasteiger partial charge in [-0.25, -0.2) is 4.57 Å². The smallest absolute Gasteiger partial charge is 0.387 e. The molecule has 0 aromatic carbocycles. The van der Waals surface area contributed by atoms with Crippen LogP contribution in [0.15, 0.2) is 85.1 Å². The summed E-state index contributed by atoms with van der Waals surface area (Å²) in [6.07, 6.45) is 56.5. The van der Waals surface area contributed by atoms with Crippen LogP contribution in [0.5, 0.6) is 0 Å². The maximum Gasteiger partial charge on any atom is 0.472 e. The summed E-state index contributed by atoms with van der Waals surface area (Å²) in [5, 5.41) is 13.6. The molecular formula is C47H83N2O6P. The maximum atomic E-state index is 12.7. The van der Waals surface area contributed by atoms with Crippen molar-refractivity contribution in [3.05, 3.63) is 85.1 Å². The lowest BCUT2D eigenvalue weighted by atomic mass is 10.0. The monoisotopic (exact) mass is 803 g/mol. The molecule has 0 saturated carbocycles. The van der Waals surface area contributed by atoms with Gasteiger partial charge in [-0.2, -0.15) is 0 Å². The van der Waals surface area contributed by atoms with E-state index in [1.165, 1.54) is 89.9 Å². The first-order chi connectivity index (χ1) is 27.4.